The predicted molar refractivity (Wildman–Crippen MR) is 67.2 cm³/mol. The van der Waals surface area contributed by atoms with Crippen molar-refractivity contribution >= 4 is 17.5 Å². The summed E-state index contributed by atoms with van der Waals surface area (Å²) in [6, 6.07) is 3.40. The molecule has 1 aliphatic rings. The number of pyridine rings is 1. The summed E-state index contributed by atoms with van der Waals surface area (Å²) in [5.74, 6) is 0.372. The third kappa shape index (κ3) is 3.41. The number of hydrogen-bond acceptors (Lipinski definition) is 3. The molecule has 1 amide bonds. The van der Waals surface area contributed by atoms with Gasteiger partial charge in [-0.25, -0.2) is 4.98 Å². The first-order chi connectivity index (χ1) is 8.27. The maximum Gasteiger partial charge on any atom is 0.254 e. The van der Waals surface area contributed by atoms with Crippen molar-refractivity contribution in [2.45, 2.75) is 12.8 Å². The van der Waals surface area contributed by atoms with E-state index in [0.717, 1.165) is 19.5 Å². The number of piperidine rings is 1. The number of carbonyl (C=O) groups is 1. The molecule has 0 bridgehead atoms. The maximum atomic E-state index is 11.9. The minimum Gasteiger partial charge on any atom is -0.352 e. The van der Waals surface area contributed by atoms with Crippen LogP contribution in [0.4, 0.5) is 0 Å². The lowest BCUT2D eigenvalue weighted by Gasteiger charge is -2.22. The fourth-order valence-electron chi connectivity index (χ4n) is 1.99. The molecular weight excluding hydrogens is 238 g/mol. The number of rotatable bonds is 3. The zero-order chi connectivity index (χ0) is 12.1. The van der Waals surface area contributed by atoms with Gasteiger partial charge >= 0.3 is 0 Å². The van der Waals surface area contributed by atoms with Crippen LogP contribution in [0.3, 0.4) is 0 Å². The van der Waals surface area contributed by atoms with E-state index in [1.54, 1.807) is 18.3 Å². The zero-order valence-corrected chi connectivity index (χ0v) is 10.3. The Labute approximate surface area is 106 Å². The van der Waals surface area contributed by atoms with E-state index in [4.69, 9.17) is 11.6 Å². The van der Waals surface area contributed by atoms with Gasteiger partial charge in [0.2, 0.25) is 0 Å². The average Bonchev–Trinajstić information content (AvgIpc) is 2.38. The monoisotopic (exact) mass is 253 g/mol. The molecule has 1 saturated heterocycles. The first kappa shape index (κ1) is 12.3. The normalized spacial score (nSPS) is 19.9. The second kappa shape index (κ2) is 5.98. The molecule has 17 heavy (non-hydrogen) atoms. The Morgan fingerprint density at radius 2 is 2.53 bits per heavy atom. The van der Waals surface area contributed by atoms with Gasteiger partial charge in [0.15, 0.2) is 0 Å². The molecule has 5 heteroatoms. The van der Waals surface area contributed by atoms with Crippen LogP contribution in [0.2, 0.25) is 5.15 Å². The lowest BCUT2D eigenvalue weighted by molar-refractivity contribution is 0.0944. The molecule has 1 fully saturated rings. The summed E-state index contributed by atoms with van der Waals surface area (Å²) in [6.45, 7) is 2.75. The number of hydrogen-bond donors (Lipinski definition) is 2. The van der Waals surface area contributed by atoms with Crippen LogP contribution in [0.5, 0.6) is 0 Å². The highest BCUT2D eigenvalue weighted by molar-refractivity contribution is 6.32. The molecule has 0 radical (unpaired) electrons. The molecule has 1 aromatic rings. The van der Waals surface area contributed by atoms with Gasteiger partial charge in [-0.3, -0.25) is 4.79 Å². The van der Waals surface area contributed by atoms with Crippen molar-refractivity contribution in [1.82, 2.24) is 15.6 Å². The summed E-state index contributed by atoms with van der Waals surface area (Å²) in [4.78, 5) is 15.7. The lowest BCUT2D eigenvalue weighted by Crippen LogP contribution is -2.38. The van der Waals surface area contributed by atoms with Crippen molar-refractivity contribution in [1.29, 1.82) is 0 Å². The Hall–Kier alpha value is -1.13. The van der Waals surface area contributed by atoms with Crippen LogP contribution in [-0.2, 0) is 0 Å². The Bertz CT molecular complexity index is 391. The molecule has 1 atom stereocenters. The molecule has 0 aromatic carbocycles. The largest absolute Gasteiger partial charge is 0.352 e. The molecule has 0 aliphatic carbocycles. The van der Waals surface area contributed by atoms with Gasteiger partial charge < -0.3 is 10.6 Å². The third-order valence-electron chi connectivity index (χ3n) is 2.95. The Morgan fingerprint density at radius 3 is 3.24 bits per heavy atom. The van der Waals surface area contributed by atoms with E-state index in [-0.39, 0.29) is 11.1 Å². The van der Waals surface area contributed by atoms with E-state index in [1.165, 1.54) is 6.42 Å². The second-order valence-electron chi connectivity index (χ2n) is 4.26. The van der Waals surface area contributed by atoms with Crippen molar-refractivity contribution in [3.05, 3.63) is 29.0 Å². The van der Waals surface area contributed by atoms with E-state index in [0.29, 0.717) is 18.0 Å². The molecule has 2 rings (SSSR count). The standard InChI is InChI=1S/C12H16ClN3O/c13-11-10(4-2-6-15-11)12(17)16-8-9-3-1-5-14-7-9/h2,4,6,9,14H,1,3,5,7-8H2,(H,16,17). The lowest BCUT2D eigenvalue weighted by atomic mass is 10.00. The molecular formula is C12H16ClN3O. The average molecular weight is 254 g/mol. The Balaban J connectivity index is 1.87. The number of nitrogens with zero attached hydrogens (tertiary/aromatic N) is 1. The molecule has 2 N–H and O–H groups in total. The fraction of sp³-hybridized carbons (Fsp3) is 0.500. The van der Waals surface area contributed by atoms with Crippen molar-refractivity contribution < 1.29 is 4.79 Å². The molecule has 1 unspecified atom stereocenters. The van der Waals surface area contributed by atoms with Crippen LogP contribution in [0.25, 0.3) is 0 Å². The van der Waals surface area contributed by atoms with Crippen LogP contribution in [0, 0.1) is 5.92 Å². The van der Waals surface area contributed by atoms with Crippen molar-refractivity contribution in [3.8, 4) is 0 Å². The molecule has 4 nitrogen and oxygen atoms in total. The van der Waals surface area contributed by atoms with Crippen LogP contribution in [0.1, 0.15) is 23.2 Å². The highest BCUT2D eigenvalue weighted by atomic mass is 35.5. The topological polar surface area (TPSA) is 54.0 Å². The van der Waals surface area contributed by atoms with Crippen molar-refractivity contribution in [2.75, 3.05) is 19.6 Å². The number of halogens is 1. The molecule has 92 valence electrons. The van der Waals surface area contributed by atoms with E-state index in [2.05, 4.69) is 15.6 Å². The number of amides is 1. The summed E-state index contributed by atoms with van der Waals surface area (Å²) >= 11 is 5.86. The molecule has 0 saturated carbocycles. The maximum absolute atomic E-state index is 11.9. The summed E-state index contributed by atoms with van der Waals surface area (Å²) in [7, 11) is 0. The SMILES string of the molecule is O=C(NCC1CCCNC1)c1cccnc1Cl. The van der Waals surface area contributed by atoms with Gasteiger partial charge in [-0.15, -0.1) is 0 Å². The van der Waals surface area contributed by atoms with E-state index in [1.807, 2.05) is 0 Å². The fourth-order valence-corrected chi connectivity index (χ4v) is 2.19. The highest BCUT2D eigenvalue weighted by Gasteiger charge is 2.15. The van der Waals surface area contributed by atoms with Gasteiger partial charge in [-0.05, 0) is 44.0 Å². The first-order valence-electron chi connectivity index (χ1n) is 5.87. The van der Waals surface area contributed by atoms with E-state index >= 15 is 0 Å². The van der Waals surface area contributed by atoms with Crippen molar-refractivity contribution in [3.63, 3.8) is 0 Å². The van der Waals surface area contributed by atoms with Gasteiger partial charge in [-0.1, -0.05) is 11.6 Å². The molecule has 1 aromatic heterocycles. The van der Waals surface area contributed by atoms with Gasteiger partial charge in [-0.2, -0.15) is 0 Å². The van der Waals surface area contributed by atoms with Gasteiger partial charge in [0.25, 0.3) is 5.91 Å². The summed E-state index contributed by atoms with van der Waals surface area (Å²) < 4.78 is 0. The van der Waals surface area contributed by atoms with Gasteiger partial charge in [0.1, 0.15) is 5.15 Å². The molecule has 1 aliphatic heterocycles. The van der Waals surface area contributed by atoms with Crippen LogP contribution in [-0.4, -0.2) is 30.5 Å². The predicted octanol–water partition coefficient (Wildman–Crippen LogP) is 1.46. The smallest absolute Gasteiger partial charge is 0.254 e. The van der Waals surface area contributed by atoms with Gasteiger partial charge in [0, 0.05) is 12.7 Å². The Kier molecular flexibility index (Phi) is 4.34. The highest BCUT2D eigenvalue weighted by Crippen LogP contribution is 2.12. The van der Waals surface area contributed by atoms with Crippen LogP contribution in [0.15, 0.2) is 18.3 Å². The van der Waals surface area contributed by atoms with Crippen LogP contribution < -0.4 is 10.6 Å². The number of carbonyl (C=O) groups excluding carboxylic acids is 1. The zero-order valence-electron chi connectivity index (χ0n) is 9.58. The molecule has 2 heterocycles. The van der Waals surface area contributed by atoms with E-state index in [9.17, 15) is 4.79 Å². The van der Waals surface area contributed by atoms with Crippen molar-refractivity contribution in [2.24, 2.45) is 5.92 Å². The summed E-state index contributed by atoms with van der Waals surface area (Å²) in [6.07, 6.45) is 3.91. The third-order valence-corrected chi connectivity index (χ3v) is 3.26. The van der Waals surface area contributed by atoms with E-state index < -0.39 is 0 Å². The minimum atomic E-state index is -0.145. The van der Waals surface area contributed by atoms with Gasteiger partial charge in [0.05, 0.1) is 5.56 Å². The van der Waals surface area contributed by atoms with Crippen LogP contribution >= 0.6 is 11.6 Å². The Morgan fingerprint density at radius 1 is 1.65 bits per heavy atom. The summed E-state index contributed by atoms with van der Waals surface area (Å²) in [5.41, 5.74) is 0.443. The first-order valence-corrected chi connectivity index (χ1v) is 6.24. The number of aromatic nitrogens is 1. The number of nitrogens with one attached hydrogen (secondary N) is 2. The minimum absolute atomic E-state index is 0.145. The molecule has 0 spiro atoms. The quantitative estimate of drug-likeness (QED) is 0.802. The summed E-state index contributed by atoms with van der Waals surface area (Å²) in [5, 5.41) is 6.48. The second-order valence-corrected chi connectivity index (χ2v) is 4.62.